The van der Waals surface area contributed by atoms with Crippen LogP contribution in [0.25, 0.3) is 6.08 Å². The van der Waals surface area contributed by atoms with Crippen LogP contribution in [0.2, 0.25) is 0 Å². The van der Waals surface area contributed by atoms with Crippen LogP contribution in [-0.2, 0) is 11.3 Å². The second-order valence-electron chi connectivity index (χ2n) is 5.41. The van der Waals surface area contributed by atoms with Crippen LogP contribution in [-0.4, -0.2) is 29.1 Å². The van der Waals surface area contributed by atoms with E-state index in [-0.39, 0.29) is 0 Å². The van der Waals surface area contributed by atoms with E-state index < -0.39 is 5.97 Å². The molecule has 19 heavy (non-hydrogen) atoms. The molecule has 1 aromatic heterocycles. The van der Waals surface area contributed by atoms with Crippen LogP contribution in [0.1, 0.15) is 37.6 Å². The summed E-state index contributed by atoms with van der Waals surface area (Å²) in [5.41, 5.74) is 0.965. The molecule has 1 heterocycles. The second kappa shape index (κ2) is 7.46. The van der Waals surface area contributed by atoms with E-state index in [0.717, 1.165) is 12.1 Å². The van der Waals surface area contributed by atoms with Gasteiger partial charge in [-0.25, -0.2) is 4.79 Å². The lowest BCUT2D eigenvalue weighted by Crippen LogP contribution is -2.29. The highest BCUT2D eigenvalue weighted by atomic mass is 32.1. The summed E-state index contributed by atoms with van der Waals surface area (Å²) in [6, 6.07) is 2.61. The van der Waals surface area contributed by atoms with E-state index in [1.807, 2.05) is 5.38 Å². The molecular weight excluding hydrogens is 258 g/mol. The molecule has 1 unspecified atom stereocenters. The summed E-state index contributed by atoms with van der Waals surface area (Å²) in [5.74, 6) is -0.203. The number of nitrogens with zero attached hydrogens (tertiary/aromatic N) is 1. The molecule has 0 amide bonds. The van der Waals surface area contributed by atoms with Crippen molar-refractivity contribution >= 4 is 23.4 Å². The van der Waals surface area contributed by atoms with Crippen molar-refractivity contribution in [3.05, 3.63) is 28.0 Å². The van der Waals surface area contributed by atoms with Gasteiger partial charge in [-0.15, -0.1) is 11.3 Å². The van der Waals surface area contributed by atoms with Gasteiger partial charge in [0.15, 0.2) is 0 Å². The van der Waals surface area contributed by atoms with Gasteiger partial charge in [0, 0.05) is 23.5 Å². The molecule has 1 N–H and O–H groups in total. The van der Waals surface area contributed by atoms with Gasteiger partial charge in [0.05, 0.1) is 0 Å². The van der Waals surface area contributed by atoms with Crippen LogP contribution in [0.3, 0.4) is 0 Å². The number of aliphatic carboxylic acids is 1. The maximum atomic E-state index is 10.5. The van der Waals surface area contributed by atoms with Gasteiger partial charge in [0.25, 0.3) is 0 Å². The van der Waals surface area contributed by atoms with Crippen LogP contribution in [0.4, 0.5) is 0 Å². The van der Waals surface area contributed by atoms with Crippen LogP contribution >= 0.6 is 11.3 Å². The van der Waals surface area contributed by atoms with E-state index in [2.05, 4.69) is 38.8 Å². The Morgan fingerprint density at radius 3 is 2.74 bits per heavy atom. The molecule has 0 aromatic carbocycles. The summed E-state index contributed by atoms with van der Waals surface area (Å²) in [5, 5.41) is 10.6. The smallest absolute Gasteiger partial charge is 0.328 e. The Labute approximate surface area is 119 Å². The maximum Gasteiger partial charge on any atom is 0.328 e. The molecule has 3 nitrogen and oxygen atoms in total. The van der Waals surface area contributed by atoms with Crippen molar-refractivity contribution in [1.29, 1.82) is 0 Å². The number of thiophene rings is 1. The minimum absolute atomic E-state index is 0.556. The predicted octanol–water partition coefficient (Wildman–Crippen LogP) is 3.71. The van der Waals surface area contributed by atoms with Crippen molar-refractivity contribution in [2.75, 3.05) is 7.05 Å². The summed E-state index contributed by atoms with van der Waals surface area (Å²) in [4.78, 5) is 14.1. The van der Waals surface area contributed by atoms with Crippen LogP contribution in [0, 0.1) is 5.92 Å². The predicted molar refractivity (Wildman–Crippen MR) is 81.4 cm³/mol. The van der Waals surface area contributed by atoms with Crippen LogP contribution in [0.5, 0.6) is 0 Å². The lowest BCUT2D eigenvalue weighted by Gasteiger charge is -2.25. The van der Waals surface area contributed by atoms with Crippen LogP contribution < -0.4 is 0 Å². The van der Waals surface area contributed by atoms with E-state index in [1.54, 1.807) is 17.4 Å². The Bertz CT molecular complexity index is 437. The highest BCUT2D eigenvalue weighted by molar-refractivity contribution is 7.10. The van der Waals surface area contributed by atoms with Gasteiger partial charge in [-0.05, 0) is 49.4 Å². The molecule has 0 fully saturated rings. The minimum Gasteiger partial charge on any atom is -0.478 e. The average Bonchev–Trinajstić information content (AvgIpc) is 2.73. The molecule has 106 valence electrons. The van der Waals surface area contributed by atoms with Crippen LogP contribution in [0.15, 0.2) is 17.5 Å². The minimum atomic E-state index is -0.907. The normalized spacial score (nSPS) is 13.6. The van der Waals surface area contributed by atoms with E-state index in [1.165, 1.54) is 17.4 Å². The molecule has 0 saturated heterocycles. The SMILES string of the molecule is CC(C)CC(C)N(C)Cc1cc(C=CC(=O)O)cs1. The molecule has 0 saturated carbocycles. The zero-order valence-corrected chi connectivity index (χ0v) is 12.9. The first kappa shape index (κ1) is 15.9. The van der Waals surface area contributed by atoms with Gasteiger partial charge in [0.2, 0.25) is 0 Å². The molecule has 1 aromatic rings. The molecule has 4 heteroatoms. The first-order valence-corrected chi connectivity index (χ1v) is 7.45. The third-order valence-corrected chi connectivity index (χ3v) is 4.00. The van der Waals surface area contributed by atoms with Crippen molar-refractivity contribution in [2.45, 2.75) is 39.8 Å². The first-order valence-electron chi connectivity index (χ1n) is 6.57. The molecule has 1 rings (SSSR count). The van der Waals surface area contributed by atoms with Crippen molar-refractivity contribution < 1.29 is 9.90 Å². The Kier molecular flexibility index (Phi) is 6.25. The largest absolute Gasteiger partial charge is 0.478 e. The summed E-state index contributed by atoms with van der Waals surface area (Å²) < 4.78 is 0. The molecule has 0 spiro atoms. The van der Waals surface area contributed by atoms with Gasteiger partial charge in [-0.3, -0.25) is 4.90 Å². The zero-order valence-electron chi connectivity index (χ0n) is 12.1. The second-order valence-corrected chi connectivity index (χ2v) is 6.41. The quantitative estimate of drug-likeness (QED) is 0.774. The monoisotopic (exact) mass is 281 g/mol. The third kappa shape index (κ3) is 6.03. The molecule has 0 aliphatic heterocycles. The van der Waals surface area contributed by atoms with Gasteiger partial charge in [-0.2, -0.15) is 0 Å². The standard InChI is InChI=1S/C15H23NO2S/c1-11(2)7-12(3)16(4)9-14-8-13(10-19-14)5-6-15(17)18/h5-6,8,10-12H,7,9H2,1-4H3,(H,17,18). The number of carboxylic acids is 1. The third-order valence-electron chi connectivity index (χ3n) is 3.06. The lowest BCUT2D eigenvalue weighted by molar-refractivity contribution is -0.131. The fraction of sp³-hybridized carbons (Fsp3) is 0.533. The van der Waals surface area contributed by atoms with Crippen molar-refractivity contribution in [3.8, 4) is 0 Å². The number of rotatable bonds is 7. The Balaban J connectivity index is 2.55. The lowest BCUT2D eigenvalue weighted by atomic mass is 10.0. The summed E-state index contributed by atoms with van der Waals surface area (Å²) in [7, 11) is 2.14. The summed E-state index contributed by atoms with van der Waals surface area (Å²) in [6.07, 6.45) is 4.00. The van der Waals surface area contributed by atoms with E-state index >= 15 is 0 Å². The highest BCUT2D eigenvalue weighted by Gasteiger charge is 2.12. The van der Waals surface area contributed by atoms with Gasteiger partial charge in [-0.1, -0.05) is 13.8 Å². The van der Waals surface area contributed by atoms with E-state index in [9.17, 15) is 4.79 Å². The Hall–Kier alpha value is -1.13. The van der Waals surface area contributed by atoms with E-state index in [4.69, 9.17) is 5.11 Å². The van der Waals surface area contributed by atoms with Crippen molar-refractivity contribution in [2.24, 2.45) is 5.92 Å². The molecule has 0 aliphatic carbocycles. The molecular formula is C15H23NO2S. The van der Waals surface area contributed by atoms with Gasteiger partial charge in [0.1, 0.15) is 0 Å². The van der Waals surface area contributed by atoms with E-state index in [0.29, 0.717) is 12.0 Å². The number of hydrogen-bond donors (Lipinski definition) is 1. The topological polar surface area (TPSA) is 40.5 Å². The molecule has 0 radical (unpaired) electrons. The Morgan fingerprint density at radius 2 is 2.16 bits per heavy atom. The number of hydrogen-bond acceptors (Lipinski definition) is 3. The van der Waals surface area contributed by atoms with Crippen molar-refractivity contribution in [1.82, 2.24) is 4.90 Å². The van der Waals surface area contributed by atoms with Gasteiger partial charge >= 0.3 is 5.97 Å². The molecule has 0 aliphatic rings. The van der Waals surface area contributed by atoms with Crippen molar-refractivity contribution in [3.63, 3.8) is 0 Å². The van der Waals surface area contributed by atoms with Gasteiger partial charge < -0.3 is 5.11 Å². The number of carbonyl (C=O) groups is 1. The number of carboxylic acid groups (broad SMARTS) is 1. The zero-order chi connectivity index (χ0) is 14.4. The molecule has 0 bridgehead atoms. The maximum absolute atomic E-state index is 10.5. The fourth-order valence-corrected chi connectivity index (χ4v) is 2.92. The first-order chi connectivity index (χ1) is 8.88. The fourth-order valence-electron chi connectivity index (χ4n) is 2.00. The average molecular weight is 281 g/mol. The molecule has 1 atom stereocenters. The highest BCUT2D eigenvalue weighted by Crippen LogP contribution is 2.19. The summed E-state index contributed by atoms with van der Waals surface area (Å²) in [6.45, 7) is 7.65. The summed E-state index contributed by atoms with van der Waals surface area (Å²) >= 11 is 1.68. The Morgan fingerprint density at radius 1 is 1.47 bits per heavy atom.